The Morgan fingerprint density at radius 3 is 2.68 bits per heavy atom. The van der Waals surface area contributed by atoms with Crippen molar-refractivity contribution in [2.75, 3.05) is 6.54 Å². The average molecular weight is 304 g/mol. The molecule has 19 heavy (non-hydrogen) atoms. The zero-order valence-corrected chi connectivity index (χ0v) is 12.4. The fourth-order valence-corrected chi connectivity index (χ4v) is 3.11. The first kappa shape index (κ1) is 16.0. The predicted octanol–water partition coefficient (Wildman–Crippen LogP) is 1.78. The van der Waals surface area contributed by atoms with E-state index in [1.165, 1.54) is 12.1 Å². The van der Waals surface area contributed by atoms with Crippen molar-refractivity contribution in [2.24, 2.45) is 11.7 Å². The molecule has 0 saturated heterocycles. The Morgan fingerprint density at radius 1 is 1.53 bits per heavy atom. The molecule has 1 rings (SSSR count). The van der Waals surface area contributed by atoms with E-state index in [1.807, 2.05) is 13.8 Å². The van der Waals surface area contributed by atoms with Gasteiger partial charge in [-0.05, 0) is 18.1 Å². The first-order chi connectivity index (χ1) is 8.79. The molecule has 0 aliphatic carbocycles. The Hall–Kier alpha value is -1.05. The summed E-state index contributed by atoms with van der Waals surface area (Å²) in [6, 6.07) is 3.73. The van der Waals surface area contributed by atoms with Crippen LogP contribution in [0.25, 0.3) is 0 Å². The molecule has 4 nitrogen and oxygen atoms in total. The highest BCUT2D eigenvalue weighted by Gasteiger charge is 2.22. The Bertz CT molecular complexity index is 573. The molecule has 0 fully saturated rings. The molecule has 0 saturated carbocycles. The summed E-state index contributed by atoms with van der Waals surface area (Å²) in [5.41, 5.74) is 5.15. The van der Waals surface area contributed by atoms with Crippen molar-refractivity contribution in [3.63, 3.8) is 0 Å². The molecule has 0 aliphatic heterocycles. The van der Waals surface area contributed by atoms with Crippen molar-refractivity contribution in [2.45, 2.75) is 25.2 Å². The number of nitrogens with two attached hydrogens (primary N) is 1. The lowest BCUT2D eigenvalue weighted by Gasteiger charge is -2.13. The van der Waals surface area contributed by atoms with Crippen LogP contribution in [-0.4, -0.2) is 20.0 Å². The highest BCUT2D eigenvalue weighted by atomic mass is 32.2. The van der Waals surface area contributed by atoms with Crippen molar-refractivity contribution in [3.05, 3.63) is 29.6 Å². The van der Waals surface area contributed by atoms with Gasteiger partial charge in [0.15, 0.2) is 0 Å². The second kappa shape index (κ2) is 6.40. The van der Waals surface area contributed by atoms with Gasteiger partial charge in [0.05, 0.1) is 10.5 Å². The molecule has 1 aromatic carbocycles. The van der Waals surface area contributed by atoms with Gasteiger partial charge in [0.25, 0.3) is 0 Å². The summed E-state index contributed by atoms with van der Waals surface area (Å²) >= 11 is 4.71. The molecule has 1 aromatic rings. The highest BCUT2D eigenvalue weighted by Crippen LogP contribution is 2.19. The van der Waals surface area contributed by atoms with Gasteiger partial charge in [-0.3, -0.25) is 0 Å². The molecule has 1 unspecified atom stereocenters. The van der Waals surface area contributed by atoms with Gasteiger partial charge in [-0.15, -0.1) is 0 Å². The van der Waals surface area contributed by atoms with E-state index in [2.05, 4.69) is 4.72 Å². The Morgan fingerprint density at radius 2 is 2.16 bits per heavy atom. The minimum absolute atomic E-state index is 0.191. The van der Waals surface area contributed by atoms with E-state index in [1.54, 1.807) is 0 Å². The summed E-state index contributed by atoms with van der Waals surface area (Å²) in [7, 11) is -3.82. The van der Waals surface area contributed by atoms with Crippen LogP contribution in [0.2, 0.25) is 0 Å². The van der Waals surface area contributed by atoms with Gasteiger partial charge in [0, 0.05) is 6.54 Å². The largest absolute Gasteiger partial charge is 0.389 e. The summed E-state index contributed by atoms with van der Waals surface area (Å²) in [6.45, 7) is 4.16. The Kier molecular flexibility index (Phi) is 5.39. The zero-order chi connectivity index (χ0) is 14.6. The van der Waals surface area contributed by atoms with Crippen molar-refractivity contribution in [3.8, 4) is 0 Å². The minimum atomic E-state index is -3.82. The molecule has 0 aliphatic rings. The van der Waals surface area contributed by atoms with Crippen LogP contribution >= 0.6 is 12.2 Å². The Balaban J connectivity index is 3.15. The van der Waals surface area contributed by atoms with Gasteiger partial charge < -0.3 is 5.73 Å². The smallest absolute Gasteiger partial charge is 0.241 e. The lowest BCUT2D eigenvalue weighted by atomic mass is 10.1. The van der Waals surface area contributed by atoms with E-state index in [9.17, 15) is 12.8 Å². The molecule has 106 valence electrons. The zero-order valence-electron chi connectivity index (χ0n) is 10.8. The number of sulfonamides is 1. The van der Waals surface area contributed by atoms with E-state index in [4.69, 9.17) is 18.0 Å². The van der Waals surface area contributed by atoms with E-state index in [0.717, 1.165) is 12.5 Å². The molecule has 0 aromatic heterocycles. The number of nitrogens with one attached hydrogen (secondary N) is 1. The maximum atomic E-state index is 13.6. The van der Waals surface area contributed by atoms with Crippen molar-refractivity contribution < 1.29 is 12.8 Å². The maximum Gasteiger partial charge on any atom is 0.241 e. The van der Waals surface area contributed by atoms with E-state index in [0.29, 0.717) is 0 Å². The van der Waals surface area contributed by atoms with Gasteiger partial charge in [0.1, 0.15) is 10.8 Å². The number of thiocarbonyl (C=S) groups is 1. The molecule has 0 spiro atoms. The third kappa shape index (κ3) is 3.95. The van der Waals surface area contributed by atoms with Crippen LogP contribution in [-0.2, 0) is 10.0 Å². The monoisotopic (exact) mass is 304 g/mol. The van der Waals surface area contributed by atoms with Crippen LogP contribution in [0.5, 0.6) is 0 Å². The van der Waals surface area contributed by atoms with Crippen LogP contribution in [0.15, 0.2) is 23.1 Å². The van der Waals surface area contributed by atoms with Gasteiger partial charge in [-0.1, -0.05) is 38.6 Å². The molecular weight excluding hydrogens is 287 g/mol. The summed E-state index contributed by atoms with van der Waals surface area (Å²) in [5, 5.41) is 0. The quantitative estimate of drug-likeness (QED) is 0.786. The molecule has 0 radical (unpaired) electrons. The van der Waals surface area contributed by atoms with Crippen LogP contribution in [0.1, 0.15) is 25.8 Å². The number of halogens is 1. The summed E-state index contributed by atoms with van der Waals surface area (Å²) in [6.07, 6.45) is 0.841. The van der Waals surface area contributed by atoms with E-state index in [-0.39, 0.29) is 27.9 Å². The number of hydrogen-bond acceptors (Lipinski definition) is 3. The van der Waals surface area contributed by atoms with Crippen LogP contribution in [0.3, 0.4) is 0 Å². The third-order valence-corrected chi connectivity index (χ3v) is 4.50. The molecule has 1 atom stereocenters. The van der Waals surface area contributed by atoms with Crippen molar-refractivity contribution in [1.29, 1.82) is 0 Å². The fraction of sp³-hybridized carbons (Fsp3) is 0.417. The lowest BCUT2D eigenvalue weighted by molar-refractivity contribution is 0.527. The molecule has 3 N–H and O–H groups in total. The first-order valence-electron chi connectivity index (χ1n) is 5.87. The summed E-state index contributed by atoms with van der Waals surface area (Å²) in [5.74, 6) is -0.546. The minimum Gasteiger partial charge on any atom is -0.389 e. The molecule has 0 bridgehead atoms. The first-order valence-corrected chi connectivity index (χ1v) is 7.76. The van der Waals surface area contributed by atoms with Gasteiger partial charge in [-0.25, -0.2) is 17.5 Å². The fourth-order valence-electron chi connectivity index (χ4n) is 1.44. The molecular formula is C12H17FN2O2S2. The predicted molar refractivity (Wildman–Crippen MR) is 76.9 cm³/mol. The van der Waals surface area contributed by atoms with Gasteiger partial charge in [0.2, 0.25) is 10.0 Å². The number of benzene rings is 1. The van der Waals surface area contributed by atoms with Gasteiger partial charge in [-0.2, -0.15) is 0 Å². The normalized spacial score (nSPS) is 13.2. The van der Waals surface area contributed by atoms with Gasteiger partial charge >= 0.3 is 0 Å². The number of rotatable bonds is 6. The second-order valence-corrected chi connectivity index (χ2v) is 6.52. The standard InChI is InChI=1S/C12H17FN2O2S2/c1-3-8(2)7-15-19(16,17)10-6-4-5-9(13)11(10)12(14)18/h4-6,8,15H,3,7H2,1-2H3,(H2,14,18). The van der Waals surface area contributed by atoms with Crippen LogP contribution in [0.4, 0.5) is 4.39 Å². The topological polar surface area (TPSA) is 72.2 Å². The van der Waals surface area contributed by atoms with Crippen LogP contribution < -0.4 is 10.5 Å². The van der Waals surface area contributed by atoms with Crippen molar-refractivity contribution >= 4 is 27.2 Å². The number of hydrogen-bond donors (Lipinski definition) is 2. The molecule has 7 heteroatoms. The average Bonchev–Trinajstić information content (AvgIpc) is 2.35. The summed E-state index contributed by atoms with van der Waals surface area (Å²) < 4.78 is 40.3. The molecule has 0 amide bonds. The highest BCUT2D eigenvalue weighted by molar-refractivity contribution is 7.89. The SMILES string of the molecule is CCC(C)CNS(=O)(=O)c1cccc(F)c1C(N)=S. The van der Waals surface area contributed by atoms with Crippen molar-refractivity contribution in [1.82, 2.24) is 4.72 Å². The Labute approximate surface area is 118 Å². The van der Waals surface area contributed by atoms with E-state index < -0.39 is 15.8 Å². The lowest BCUT2D eigenvalue weighted by Crippen LogP contribution is -2.30. The third-order valence-electron chi connectivity index (χ3n) is 2.83. The summed E-state index contributed by atoms with van der Waals surface area (Å²) in [4.78, 5) is -0.495. The maximum absolute atomic E-state index is 13.6. The molecule has 0 heterocycles. The van der Waals surface area contributed by atoms with E-state index >= 15 is 0 Å². The van der Waals surface area contributed by atoms with Crippen LogP contribution in [0, 0.1) is 11.7 Å². The second-order valence-electron chi connectivity index (χ2n) is 4.34.